The van der Waals surface area contributed by atoms with Crippen LogP contribution in [-0.4, -0.2) is 9.97 Å². The molecule has 62 valence electrons. The minimum absolute atomic E-state index is 0.124. The molecule has 13 heavy (non-hydrogen) atoms. The predicted octanol–water partition coefficient (Wildman–Crippen LogP) is 0.795. The summed E-state index contributed by atoms with van der Waals surface area (Å²) in [7, 11) is 0. The average Bonchev–Trinajstić information content (AvgIpc) is 2.19. The summed E-state index contributed by atoms with van der Waals surface area (Å²) in [5.74, 6) is 0. The van der Waals surface area contributed by atoms with Crippen LogP contribution in [0.2, 0.25) is 0 Å². The SMILES string of the molecule is N#Cc1c[nH]c2cnccc2c1=O. The third kappa shape index (κ3) is 1.07. The number of H-pyrrole nitrogens is 1. The van der Waals surface area contributed by atoms with Gasteiger partial charge in [0.15, 0.2) is 0 Å². The highest BCUT2D eigenvalue weighted by molar-refractivity contribution is 5.78. The van der Waals surface area contributed by atoms with Crippen LogP contribution in [0.4, 0.5) is 0 Å². The second-order valence-corrected chi connectivity index (χ2v) is 2.56. The van der Waals surface area contributed by atoms with E-state index in [1.54, 1.807) is 12.3 Å². The molecule has 0 saturated carbocycles. The van der Waals surface area contributed by atoms with Crippen LogP contribution in [0.25, 0.3) is 10.9 Å². The van der Waals surface area contributed by atoms with Gasteiger partial charge in [0.1, 0.15) is 11.6 Å². The lowest BCUT2D eigenvalue weighted by Gasteiger charge is -1.95. The molecule has 0 radical (unpaired) electrons. The fraction of sp³-hybridized carbons (Fsp3) is 0. The normalized spacial score (nSPS) is 9.77. The Morgan fingerprint density at radius 2 is 2.38 bits per heavy atom. The summed E-state index contributed by atoms with van der Waals surface area (Å²) >= 11 is 0. The Morgan fingerprint density at radius 1 is 1.54 bits per heavy atom. The molecule has 0 saturated heterocycles. The molecule has 0 unspecified atom stereocenters. The Morgan fingerprint density at radius 3 is 3.15 bits per heavy atom. The van der Waals surface area contributed by atoms with Crippen LogP contribution in [-0.2, 0) is 0 Å². The van der Waals surface area contributed by atoms with Gasteiger partial charge in [0.2, 0.25) is 5.43 Å². The first-order valence-corrected chi connectivity index (χ1v) is 3.68. The Balaban J connectivity index is 2.98. The summed E-state index contributed by atoms with van der Waals surface area (Å²) < 4.78 is 0. The van der Waals surface area contributed by atoms with E-state index in [1.165, 1.54) is 12.4 Å². The standard InChI is InChI=1S/C9H5N3O/c10-3-6-4-12-8-5-11-2-1-7(8)9(6)13/h1-2,4-5H,(H,12,13). The molecular weight excluding hydrogens is 166 g/mol. The third-order valence-corrected chi connectivity index (χ3v) is 1.80. The van der Waals surface area contributed by atoms with Crippen molar-refractivity contribution >= 4 is 10.9 Å². The van der Waals surface area contributed by atoms with Crippen molar-refractivity contribution < 1.29 is 0 Å². The summed E-state index contributed by atoms with van der Waals surface area (Å²) in [6.07, 6.45) is 4.48. The minimum atomic E-state index is -0.251. The van der Waals surface area contributed by atoms with Gasteiger partial charge in [0, 0.05) is 17.8 Å². The molecule has 2 aromatic heterocycles. The van der Waals surface area contributed by atoms with Crippen LogP contribution < -0.4 is 5.43 Å². The Kier molecular flexibility index (Phi) is 1.57. The van der Waals surface area contributed by atoms with E-state index in [2.05, 4.69) is 9.97 Å². The molecule has 1 N–H and O–H groups in total. The molecule has 0 bridgehead atoms. The fourth-order valence-corrected chi connectivity index (χ4v) is 1.15. The van der Waals surface area contributed by atoms with Crippen molar-refractivity contribution in [1.29, 1.82) is 5.26 Å². The lowest BCUT2D eigenvalue weighted by molar-refractivity contribution is 1.29. The van der Waals surface area contributed by atoms with E-state index < -0.39 is 0 Å². The molecule has 0 aliphatic heterocycles. The van der Waals surface area contributed by atoms with Gasteiger partial charge < -0.3 is 4.98 Å². The maximum atomic E-state index is 11.5. The molecule has 0 amide bonds. The Labute approximate surface area is 73.5 Å². The van der Waals surface area contributed by atoms with Crippen molar-refractivity contribution in [3.05, 3.63) is 40.4 Å². The van der Waals surface area contributed by atoms with Crippen LogP contribution >= 0.6 is 0 Å². The van der Waals surface area contributed by atoms with Gasteiger partial charge in [0.25, 0.3) is 0 Å². The molecule has 0 spiro atoms. The van der Waals surface area contributed by atoms with Gasteiger partial charge in [0.05, 0.1) is 11.7 Å². The number of aromatic amines is 1. The number of aromatic nitrogens is 2. The minimum Gasteiger partial charge on any atom is -0.358 e. The Hall–Kier alpha value is -2.15. The smallest absolute Gasteiger partial charge is 0.207 e. The summed E-state index contributed by atoms with van der Waals surface area (Å²) in [6, 6.07) is 3.42. The van der Waals surface area contributed by atoms with Crippen LogP contribution in [0.5, 0.6) is 0 Å². The molecule has 0 atom stereocenters. The maximum Gasteiger partial charge on any atom is 0.207 e. The van der Waals surface area contributed by atoms with E-state index in [0.29, 0.717) is 10.9 Å². The van der Waals surface area contributed by atoms with E-state index in [9.17, 15) is 4.79 Å². The fourth-order valence-electron chi connectivity index (χ4n) is 1.15. The molecule has 0 aliphatic rings. The molecule has 2 heterocycles. The Bertz CT molecular complexity index is 551. The second kappa shape index (κ2) is 2.72. The molecule has 4 heteroatoms. The van der Waals surface area contributed by atoms with Crippen molar-refractivity contribution in [2.75, 3.05) is 0 Å². The number of hydrogen-bond acceptors (Lipinski definition) is 3. The van der Waals surface area contributed by atoms with Gasteiger partial charge in [-0.1, -0.05) is 0 Å². The summed E-state index contributed by atoms with van der Waals surface area (Å²) in [4.78, 5) is 18.2. The monoisotopic (exact) mass is 171 g/mol. The highest BCUT2D eigenvalue weighted by atomic mass is 16.1. The average molecular weight is 171 g/mol. The second-order valence-electron chi connectivity index (χ2n) is 2.56. The van der Waals surface area contributed by atoms with Crippen LogP contribution in [0, 0.1) is 11.3 Å². The topological polar surface area (TPSA) is 69.5 Å². The summed E-state index contributed by atoms with van der Waals surface area (Å²) in [5, 5.41) is 9.09. The van der Waals surface area contributed by atoms with Gasteiger partial charge in [-0.2, -0.15) is 5.26 Å². The van der Waals surface area contributed by atoms with E-state index in [0.717, 1.165) is 0 Å². The highest BCUT2D eigenvalue weighted by Crippen LogP contribution is 2.03. The first kappa shape index (κ1) is 7.50. The van der Waals surface area contributed by atoms with Crippen molar-refractivity contribution in [3.63, 3.8) is 0 Å². The number of nitrogens with zero attached hydrogens (tertiary/aromatic N) is 2. The van der Waals surface area contributed by atoms with Crippen molar-refractivity contribution in [3.8, 4) is 6.07 Å². The van der Waals surface area contributed by atoms with E-state index in [1.807, 2.05) is 6.07 Å². The van der Waals surface area contributed by atoms with E-state index in [-0.39, 0.29) is 11.0 Å². The van der Waals surface area contributed by atoms with Crippen molar-refractivity contribution in [2.24, 2.45) is 0 Å². The lowest BCUT2D eigenvalue weighted by Crippen LogP contribution is -2.06. The van der Waals surface area contributed by atoms with Gasteiger partial charge in [-0.05, 0) is 6.07 Å². The van der Waals surface area contributed by atoms with Crippen LogP contribution in [0.1, 0.15) is 5.56 Å². The molecule has 0 aliphatic carbocycles. The zero-order valence-electron chi connectivity index (χ0n) is 6.61. The van der Waals surface area contributed by atoms with Crippen molar-refractivity contribution in [2.45, 2.75) is 0 Å². The number of fused-ring (bicyclic) bond motifs is 1. The molecule has 0 aromatic carbocycles. The number of pyridine rings is 2. The van der Waals surface area contributed by atoms with Gasteiger partial charge in [-0.15, -0.1) is 0 Å². The largest absolute Gasteiger partial charge is 0.358 e. The van der Waals surface area contributed by atoms with Gasteiger partial charge >= 0.3 is 0 Å². The lowest BCUT2D eigenvalue weighted by atomic mass is 10.2. The number of nitriles is 1. The van der Waals surface area contributed by atoms with Gasteiger partial charge in [-0.25, -0.2) is 0 Å². The summed E-state index contributed by atoms with van der Waals surface area (Å²) in [6.45, 7) is 0. The van der Waals surface area contributed by atoms with Crippen molar-refractivity contribution in [1.82, 2.24) is 9.97 Å². The van der Waals surface area contributed by atoms with E-state index >= 15 is 0 Å². The molecule has 2 aromatic rings. The molecule has 2 rings (SSSR count). The molecule has 0 fully saturated rings. The zero-order chi connectivity index (χ0) is 9.26. The number of nitrogens with one attached hydrogen (secondary N) is 1. The number of rotatable bonds is 0. The van der Waals surface area contributed by atoms with E-state index in [4.69, 9.17) is 5.26 Å². The maximum absolute atomic E-state index is 11.5. The summed E-state index contributed by atoms with van der Waals surface area (Å²) in [5.41, 5.74) is 0.517. The predicted molar refractivity (Wildman–Crippen MR) is 47.1 cm³/mol. The molecular formula is C9H5N3O. The number of hydrogen-bond donors (Lipinski definition) is 1. The first-order chi connectivity index (χ1) is 6.33. The first-order valence-electron chi connectivity index (χ1n) is 3.68. The van der Waals surface area contributed by atoms with Gasteiger partial charge in [-0.3, -0.25) is 9.78 Å². The third-order valence-electron chi connectivity index (χ3n) is 1.80. The molecule has 4 nitrogen and oxygen atoms in total. The van der Waals surface area contributed by atoms with Crippen LogP contribution in [0.3, 0.4) is 0 Å². The highest BCUT2D eigenvalue weighted by Gasteiger charge is 2.02. The zero-order valence-corrected chi connectivity index (χ0v) is 6.61. The quantitative estimate of drug-likeness (QED) is 0.637. The van der Waals surface area contributed by atoms with Crippen LogP contribution in [0.15, 0.2) is 29.5 Å².